The van der Waals surface area contributed by atoms with Crippen molar-refractivity contribution in [3.05, 3.63) is 35.6 Å². The third-order valence-electron chi connectivity index (χ3n) is 1.86. The summed E-state index contributed by atoms with van der Waals surface area (Å²) in [7, 11) is 0. The van der Waals surface area contributed by atoms with E-state index in [2.05, 4.69) is 5.32 Å². The highest BCUT2D eigenvalue weighted by atomic mass is 19.1. The van der Waals surface area contributed by atoms with E-state index >= 15 is 0 Å². The van der Waals surface area contributed by atoms with Crippen LogP contribution in [0.25, 0.3) is 0 Å². The van der Waals surface area contributed by atoms with Gasteiger partial charge in [0.05, 0.1) is 12.7 Å². The maximum Gasteiger partial charge on any atom is 0.127 e. The van der Waals surface area contributed by atoms with Gasteiger partial charge >= 0.3 is 0 Å². The predicted molar refractivity (Wildman–Crippen MR) is 51.2 cm³/mol. The summed E-state index contributed by atoms with van der Waals surface area (Å²) in [6.45, 7) is 0.318. The zero-order valence-corrected chi connectivity index (χ0v) is 7.78. The molecule has 0 radical (unpaired) electrons. The summed E-state index contributed by atoms with van der Waals surface area (Å²) in [4.78, 5) is 0. The van der Waals surface area contributed by atoms with Crippen LogP contribution in [0.2, 0.25) is 0 Å². The van der Waals surface area contributed by atoms with Crippen molar-refractivity contribution in [3.63, 3.8) is 0 Å². The van der Waals surface area contributed by atoms with Crippen molar-refractivity contribution in [2.24, 2.45) is 0 Å². The Balaban J connectivity index is 2.35. The summed E-state index contributed by atoms with van der Waals surface area (Å²) in [5.41, 5.74) is 0.553. The first-order chi connectivity index (χ1) is 6.74. The molecule has 14 heavy (non-hydrogen) atoms. The fraction of sp³-hybridized carbons (Fsp3) is 0.400. The highest BCUT2D eigenvalue weighted by Crippen LogP contribution is 2.05. The average Bonchev–Trinajstić information content (AvgIpc) is 2.20. The van der Waals surface area contributed by atoms with Crippen molar-refractivity contribution < 1.29 is 14.6 Å². The zero-order valence-electron chi connectivity index (χ0n) is 7.78. The molecule has 0 amide bonds. The lowest BCUT2D eigenvalue weighted by Gasteiger charge is -2.09. The first-order valence-electron chi connectivity index (χ1n) is 4.47. The molecule has 0 spiro atoms. The number of aliphatic hydroxyl groups excluding tert-OH is 2. The minimum Gasteiger partial charge on any atom is -0.394 e. The fourth-order valence-corrected chi connectivity index (χ4v) is 1.08. The van der Waals surface area contributed by atoms with E-state index in [1.165, 1.54) is 6.07 Å². The molecule has 3 N–H and O–H groups in total. The first-order valence-corrected chi connectivity index (χ1v) is 4.47. The normalized spacial score (nSPS) is 12.8. The summed E-state index contributed by atoms with van der Waals surface area (Å²) in [5.74, 6) is -0.265. The number of aliphatic hydroxyl groups is 2. The largest absolute Gasteiger partial charge is 0.394 e. The molecule has 0 saturated carbocycles. The molecular weight excluding hydrogens is 185 g/mol. The topological polar surface area (TPSA) is 52.5 Å². The molecule has 78 valence electrons. The number of hydrogen-bond donors (Lipinski definition) is 3. The molecule has 1 rings (SSSR count). The van der Waals surface area contributed by atoms with Gasteiger partial charge in [-0.3, -0.25) is 0 Å². The molecule has 0 saturated heterocycles. The number of rotatable bonds is 5. The van der Waals surface area contributed by atoms with Crippen LogP contribution in [-0.2, 0) is 6.54 Å². The Morgan fingerprint density at radius 1 is 1.36 bits per heavy atom. The van der Waals surface area contributed by atoms with Gasteiger partial charge in [0, 0.05) is 18.7 Å². The minimum atomic E-state index is -0.790. The Hall–Kier alpha value is -0.970. The van der Waals surface area contributed by atoms with Crippen LogP contribution in [0.5, 0.6) is 0 Å². The van der Waals surface area contributed by atoms with Gasteiger partial charge in [-0.1, -0.05) is 18.2 Å². The van der Waals surface area contributed by atoms with Crippen molar-refractivity contribution in [3.8, 4) is 0 Å². The van der Waals surface area contributed by atoms with Crippen molar-refractivity contribution in [1.29, 1.82) is 0 Å². The molecular formula is C10H14FNO2. The van der Waals surface area contributed by atoms with Gasteiger partial charge in [0.15, 0.2) is 0 Å². The Labute approximate surface area is 82.2 Å². The molecule has 1 aromatic rings. The maximum atomic E-state index is 13.0. The standard InChI is InChI=1S/C10H14FNO2/c11-10-4-2-1-3-8(10)5-12-6-9(14)7-13/h1-4,9,12-14H,5-7H2/t9-/m1/s1. The summed E-state index contributed by atoms with van der Waals surface area (Å²) >= 11 is 0. The minimum absolute atomic E-state index is 0.255. The summed E-state index contributed by atoms with van der Waals surface area (Å²) < 4.78 is 13.0. The lowest BCUT2D eigenvalue weighted by Crippen LogP contribution is -2.29. The second-order valence-corrected chi connectivity index (χ2v) is 3.06. The number of nitrogens with one attached hydrogen (secondary N) is 1. The van der Waals surface area contributed by atoms with Crippen LogP contribution in [0.3, 0.4) is 0 Å². The molecule has 1 aromatic carbocycles. The van der Waals surface area contributed by atoms with Gasteiger partial charge in [0.2, 0.25) is 0 Å². The third-order valence-corrected chi connectivity index (χ3v) is 1.86. The average molecular weight is 199 g/mol. The molecule has 0 fully saturated rings. The number of halogens is 1. The summed E-state index contributed by atoms with van der Waals surface area (Å²) in [6.07, 6.45) is -0.790. The molecule has 0 aliphatic heterocycles. The van der Waals surface area contributed by atoms with Gasteiger partial charge in [-0.25, -0.2) is 4.39 Å². The number of hydrogen-bond acceptors (Lipinski definition) is 3. The second-order valence-electron chi connectivity index (χ2n) is 3.06. The van der Waals surface area contributed by atoms with Crippen LogP contribution >= 0.6 is 0 Å². The second kappa shape index (κ2) is 5.70. The Bertz CT molecular complexity index is 281. The smallest absolute Gasteiger partial charge is 0.127 e. The van der Waals surface area contributed by atoms with E-state index in [9.17, 15) is 4.39 Å². The third kappa shape index (κ3) is 3.41. The van der Waals surface area contributed by atoms with Crippen molar-refractivity contribution in [2.75, 3.05) is 13.2 Å². The quantitative estimate of drug-likeness (QED) is 0.638. The molecule has 3 nitrogen and oxygen atoms in total. The Morgan fingerprint density at radius 3 is 2.71 bits per heavy atom. The lowest BCUT2D eigenvalue weighted by atomic mass is 10.2. The van der Waals surface area contributed by atoms with Crippen molar-refractivity contribution >= 4 is 0 Å². The molecule has 0 heterocycles. The van der Waals surface area contributed by atoms with E-state index in [1.54, 1.807) is 18.2 Å². The molecule has 0 bridgehead atoms. The van der Waals surface area contributed by atoms with Crippen LogP contribution in [0.1, 0.15) is 5.56 Å². The van der Waals surface area contributed by atoms with Gasteiger partial charge in [-0.15, -0.1) is 0 Å². The van der Waals surface area contributed by atoms with Crippen molar-refractivity contribution in [2.45, 2.75) is 12.6 Å². The highest BCUT2D eigenvalue weighted by Gasteiger charge is 2.02. The Morgan fingerprint density at radius 2 is 2.07 bits per heavy atom. The van der Waals surface area contributed by atoms with E-state index in [0.717, 1.165) is 0 Å². The van der Waals surface area contributed by atoms with Gasteiger partial charge in [0.25, 0.3) is 0 Å². The maximum absolute atomic E-state index is 13.0. The molecule has 0 aliphatic rings. The molecule has 0 aromatic heterocycles. The van der Waals surface area contributed by atoms with Crippen molar-refractivity contribution in [1.82, 2.24) is 5.32 Å². The monoisotopic (exact) mass is 199 g/mol. The Kier molecular flexibility index (Phi) is 4.52. The van der Waals surface area contributed by atoms with Gasteiger partial charge < -0.3 is 15.5 Å². The molecule has 4 heteroatoms. The zero-order chi connectivity index (χ0) is 10.4. The summed E-state index contributed by atoms with van der Waals surface area (Å²) in [6, 6.07) is 6.44. The lowest BCUT2D eigenvalue weighted by molar-refractivity contribution is 0.0941. The molecule has 1 atom stereocenters. The number of benzene rings is 1. The highest BCUT2D eigenvalue weighted by molar-refractivity contribution is 5.16. The van der Waals surface area contributed by atoms with E-state index < -0.39 is 6.10 Å². The molecule has 0 unspecified atom stereocenters. The van der Waals surface area contributed by atoms with Gasteiger partial charge in [0.1, 0.15) is 5.82 Å². The fourth-order valence-electron chi connectivity index (χ4n) is 1.08. The van der Waals surface area contributed by atoms with E-state index in [1.807, 2.05) is 0 Å². The first kappa shape index (κ1) is 11.1. The summed E-state index contributed by atoms with van der Waals surface area (Å²) in [5, 5.41) is 20.4. The van der Waals surface area contributed by atoms with Crippen LogP contribution < -0.4 is 5.32 Å². The van der Waals surface area contributed by atoms with Crippen LogP contribution in [0.15, 0.2) is 24.3 Å². The van der Waals surface area contributed by atoms with E-state index in [0.29, 0.717) is 12.1 Å². The SMILES string of the molecule is OC[C@H](O)CNCc1ccccc1F. The van der Waals surface area contributed by atoms with Gasteiger partial charge in [-0.2, -0.15) is 0 Å². The van der Waals surface area contributed by atoms with Gasteiger partial charge in [-0.05, 0) is 6.07 Å². The van der Waals surface area contributed by atoms with E-state index in [4.69, 9.17) is 10.2 Å². The predicted octanol–water partition coefficient (Wildman–Crippen LogP) is 0.268. The van der Waals surface area contributed by atoms with Crippen LogP contribution in [0.4, 0.5) is 4.39 Å². The van der Waals surface area contributed by atoms with E-state index in [-0.39, 0.29) is 19.0 Å². The van der Waals surface area contributed by atoms with Crippen LogP contribution in [-0.4, -0.2) is 29.5 Å². The van der Waals surface area contributed by atoms with Crippen LogP contribution in [0, 0.1) is 5.82 Å². The molecule has 0 aliphatic carbocycles.